The Balaban J connectivity index is 1.57. The highest BCUT2D eigenvalue weighted by atomic mass is 32.2. The molecule has 1 saturated heterocycles. The highest BCUT2D eigenvalue weighted by Gasteiger charge is 2.25. The van der Waals surface area contributed by atoms with Crippen LogP contribution in [0, 0.1) is 6.92 Å². The number of aromatic nitrogens is 3. The summed E-state index contributed by atoms with van der Waals surface area (Å²) in [7, 11) is 0. The van der Waals surface area contributed by atoms with Crippen LogP contribution in [0.3, 0.4) is 0 Å². The maximum atomic E-state index is 12.4. The van der Waals surface area contributed by atoms with E-state index in [0.717, 1.165) is 11.4 Å². The van der Waals surface area contributed by atoms with E-state index >= 15 is 0 Å². The van der Waals surface area contributed by atoms with Gasteiger partial charge in [-0.2, -0.15) is 0 Å². The molecule has 2 heterocycles. The zero-order valence-corrected chi connectivity index (χ0v) is 15.0. The van der Waals surface area contributed by atoms with Crippen LogP contribution in [-0.2, 0) is 9.53 Å². The molecule has 0 spiro atoms. The number of H-pyrrole nitrogens is 1. The number of ether oxygens (including phenoxy) is 1. The fraction of sp³-hybridized carbons (Fsp3) is 0.471. The molecule has 1 aromatic carbocycles. The van der Waals surface area contributed by atoms with Gasteiger partial charge in [0, 0.05) is 18.7 Å². The third-order valence-corrected chi connectivity index (χ3v) is 4.72. The Hall–Kier alpha value is -1.86. The number of benzene rings is 1. The van der Waals surface area contributed by atoms with E-state index in [4.69, 9.17) is 4.74 Å². The van der Waals surface area contributed by atoms with Gasteiger partial charge in [0.25, 0.3) is 0 Å². The lowest BCUT2D eigenvalue weighted by molar-refractivity contribution is -0.140. The Morgan fingerprint density at radius 1 is 1.29 bits per heavy atom. The average molecular weight is 346 g/mol. The third kappa shape index (κ3) is 4.15. The summed E-state index contributed by atoms with van der Waals surface area (Å²) in [6.45, 7) is 7.32. The van der Waals surface area contributed by atoms with E-state index in [-0.39, 0.29) is 18.1 Å². The minimum atomic E-state index is 0.0827. The monoisotopic (exact) mass is 346 g/mol. The van der Waals surface area contributed by atoms with Crippen LogP contribution >= 0.6 is 11.8 Å². The Labute approximate surface area is 146 Å². The lowest BCUT2D eigenvalue weighted by Gasteiger charge is -2.35. The number of hydrogen-bond donors (Lipinski definition) is 1. The molecule has 2 atom stereocenters. The fourth-order valence-electron chi connectivity index (χ4n) is 2.75. The quantitative estimate of drug-likeness (QED) is 0.861. The van der Waals surface area contributed by atoms with Gasteiger partial charge in [-0.25, -0.2) is 4.98 Å². The molecular formula is C17H22N4O2S. The summed E-state index contributed by atoms with van der Waals surface area (Å²) in [5, 5.41) is 7.72. The standard InChI is InChI=1S/C17H22N4O2S/c1-11-4-6-14(7-5-11)16-18-17(20-19-16)24-10-15(22)21-8-12(2)23-13(3)9-21/h4-7,12-13H,8-10H2,1-3H3,(H,18,19,20)/t12-,13-/m1/s1. The first-order valence-corrected chi connectivity index (χ1v) is 9.05. The number of carbonyl (C=O) groups excluding carboxylic acids is 1. The van der Waals surface area contributed by atoms with Crippen molar-refractivity contribution in [3.63, 3.8) is 0 Å². The van der Waals surface area contributed by atoms with Crippen molar-refractivity contribution in [1.82, 2.24) is 20.1 Å². The smallest absolute Gasteiger partial charge is 0.233 e. The second kappa shape index (κ2) is 7.36. The van der Waals surface area contributed by atoms with E-state index < -0.39 is 0 Å². The van der Waals surface area contributed by atoms with Crippen molar-refractivity contribution in [2.45, 2.75) is 38.1 Å². The largest absolute Gasteiger partial charge is 0.372 e. The van der Waals surface area contributed by atoms with Gasteiger partial charge in [0.2, 0.25) is 11.1 Å². The number of aromatic amines is 1. The van der Waals surface area contributed by atoms with Crippen LogP contribution in [0.4, 0.5) is 0 Å². The summed E-state index contributed by atoms with van der Waals surface area (Å²) in [6.07, 6.45) is 0.165. The van der Waals surface area contributed by atoms with Crippen LogP contribution in [0.25, 0.3) is 11.4 Å². The first-order chi connectivity index (χ1) is 11.5. The fourth-order valence-corrected chi connectivity index (χ4v) is 3.45. The lowest BCUT2D eigenvalue weighted by atomic mass is 10.1. The number of amides is 1. The van der Waals surface area contributed by atoms with Crippen molar-refractivity contribution < 1.29 is 9.53 Å². The summed E-state index contributed by atoms with van der Waals surface area (Å²) in [4.78, 5) is 18.7. The number of nitrogens with one attached hydrogen (secondary N) is 1. The zero-order valence-electron chi connectivity index (χ0n) is 14.2. The average Bonchev–Trinajstić information content (AvgIpc) is 3.01. The van der Waals surface area contributed by atoms with Gasteiger partial charge in [0.15, 0.2) is 5.82 Å². The molecule has 1 N–H and O–H groups in total. The van der Waals surface area contributed by atoms with E-state index in [0.29, 0.717) is 24.0 Å². The maximum Gasteiger partial charge on any atom is 0.233 e. The first kappa shape index (κ1) is 17.0. The third-order valence-electron chi connectivity index (χ3n) is 3.89. The lowest BCUT2D eigenvalue weighted by Crippen LogP contribution is -2.48. The molecule has 3 rings (SSSR count). The molecule has 0 radical (unpaired) electrons. The van der Waals surface area contributed by atoms with Crippen LogP contribution in [0.5, 0.6) is 0 Å². The molecular weight excluding hydrogens is 324 g/mol. The van der Waals surface area contributed by atoms with Crippen LogP contribution < -0.4 is 0 Å². The van der Waals surface area contributed by atoms with Crippen LogP contribution in [0.15, 0.2) is 29.4 Å². The Kier molecular flexibility index (Phi) is 5.20. The van der Waals surface area contributed by atoms with Gasteiger partial charge in [0.05, 0.1) is 18.0 Å². The second-order valence-electron chi connectivity index (χ2n) is 6.18. The minimum Gasteiger partial charge on any atom is -0.372 e. The number of carbonyl (C=O) groups is 1. The van der Waals surface area contributed by atoms with E-state index in [1.54, 1.807) is 0 Å². The van der Waals surface area contributed by atoms with E-state index in [2.05, 4.69) is 15.2 Å². The zero-order chi connectivity index (χ0) is 17.1. The van der Waals surface area contributed by atoms with Crippen molar-refractivity contribution in [2.24, 2.45) is 0 Å². The highest BCUT2D eigenvalue weighted by molar-refractivity contribution is 7.99. The summed E-state index contributed by atoms with van der Waals surface area (Å²) in [5.41, 5.74) is 2.19. The Morgan fingerprint density at radius 3 is 2.62 bits per heavy atom. The summed E-state index contributed by atoms with van der Waals surface area (Å²) in [6, 6.07) is 8.09. The van der Waals surface area contributed by atoms with E-state index in [1.807, 2.05) is 49.9 Å². The number of rotatable bonds is 4. The van der Waals surface area contributed by atoms with E-state index in [1.165, 1.54) is 17.3 Å². The molecule has 2 aromatic rings. The molecule has 0 unspecified atom stereocenters. The summed E-state index contributed by atoms with van der Waals surface area (Å²) < 4.78 is 5.66. The molecule has 1 aromatic heterocycles. The van der Waals surface area contributed by atoms with Gasteiger partial charge in [0.1, 0.15) is 0 Å². The van der Waals surface area contributed by atoms with Crippen molar-refractivity contribution in [2.75, 3.05) is 18.8 Å². The molecule has 128 valence electrons. The minimum absolute atomic E-state index is 0.0827. The van der Waals surface area contributed by atoms with Crippen molar-refractivity contribution in [3.05, 3.63) is 29.8 Å². The molecule has 1 fully saturated rings. The number of nitrogens with zero attached hydrogens (tertiary/aromatic N) is 3. The molecule has 0 bridgehead atoms. The second-order valence-corrected chi connectivity index (χ2v) is 7.12. The van der Waals surface area contributed by atoms with Crippen LogP contribution in [-0.4, -0.2) is 57.0 Å². The first-order valence-electron chi connectivity index (χ1n) is 8.06. The molecule has 1 amide bonds. The van der Waals surface area contributed by atoms with E-state index in [9.17, 15) is 4.79 Å². The van der Waals surface area contributed by atoms with Gasteiger partial charge in [-0.15, -0.1) is 5.10 Å². The van der Waals surface area contributed by atoms with Gasteiger partial charge < -0.3 is 9.64 Å². The van der Waals surface area contributed by atoms with Crippen LogP contribution in [0.2, 0.25) is 0 Å². The molecule has 0 saturated carbocycles. The predicted molar refractivity (Wildman–Crippen MR) is 93.9 cm³/mol. The normalized spacial score (nSPS) is 21.0. The molecule has 0 aliphatic carbocycles. The summed E-state index contributed by atoms with van der Waals surface area (Å²) in [5.74, 6) is 1.16. The van der Waals surface area contributed by atoms with Gasteiger partial charge >= 0.3 is 0 Å². The van der Waals surface area contributed by atoms with Gasteiger partial charge in [-0.05, 0) is 20.8 Å². The molecule has 24 heavy (non-hydrogen) atoms. The Bertz CT molecular complexity index is 691. The van der Waals surface area contributed by atoms with Crippen molar-refractivity contribution in [3.8, 4) is 11.4 Å². The van der Waals surface area contributed by atoms with Gasteiger partial charge in [-0.1, -0.05) is 41.6 Å². The van der Waals surface area contributed by atoms with Crippen LogP contribution in [0.1, 0.15) is 19.4 Å². The SMILES string of the molecule is Cc1ccc(-c2nc(SCC(=O)N3C[C@@H](C)O[C@H](C)C3)n[nH]2)cc1. The summed E-state index contributed by atoms with van der Waals surface area (Å²) >= 11 is 1.36. The molecule has 6 nitrogen and oxygen atoms in total. The molecule has 1 aliphatic heterocycles. The number of aryl methyl sites for hydroxylation is 1. The highest BCUT2D eigenvalue weighted by Crippen LogP contribution is 2.20. The Morgan fingerprint density at radius 2 is 1.96 bits per heavy atom. The van der Waals surface area contributed by atoms with Gasteiger partial charge in [-0.3, -0.25) is 9.89 Å². The number of morpholine rings is 1. The van der Waals surface area contributed by atoms with Crippen molar-refractivity contribution in [1.29, 1.82) is 0 Å². The molecule has 7 heteroatoms. The number of thioether (sulfide) groups is 1. The predicted octanol–water partition coefficient (Wildman–Crippen LogP) is 2.51. The topological polar surface area (TPSA) is 71.1 Å². The van der Waals surface area contributed by atoms with Crippen molar-refractivity contribution >= 4 is 17.7 Å². The maximum absolute atomic E-state index is 12.4. The number of hydrogen-bond acceptors (Lipinski definition) is 5. The molecule has 1 aliphatic rings.